The number of ether oxygens (including phenoxy) is 2. The van der Waals surface area contributed by atoms with Crippen molar-refractivity contribution >= 4 is 17.5 Å². The summed E-state index contributed by atoms with van der Waals surface area (Å²) in [6.45, 7) is -0.138. The smallest absolute Gasteiger partial charge is 0.251 e. The van der Waals surface area contributed by atoms with Crippen LogP contribution < -0.4 is 20.1 Å². The summed E-state index contributed by atoms with van der Waals surface area (Å²) in [5, 5.41) is 14.8. The van der Waals surface area contributed by atoms with E-state index in [-0.39, 0.29) is 35.1 Å². The molecule has 0 bridgehead atoms. The molecule has 0 atom stereocenters. The van der Waals surface area contributed by atoms with Crippen LogP contribution in [-0.4, -0.2) is 35.1 Å². The van der Waals surface area contributed by atoms with E-state index in [1.165, 1.54) is 50.8 Å². The van der Waals surface area contributed by atoms with Gasteiger partial charge in [-0.15, -0.1) is 0 Å². The number of methoxy groups -OCH3 is 1. The van der Waals surface area contributed by atoms with Crippen molar-refractivity contribution in [2.45, 2.75) is 6.61 Å². The Morgan fingerprint density at radius 1 is 1.17 bits per heavy atom. The SMILES string of the molecule is CNC(=O)c1cc(COc2cnc(Nc3ccc(O)cc3)nc2)c(F)c(OC)c1. The van der Waals surface area contributed by atoms with Gasteiger partial charge in [-0.1, -0.05) is 0 Å². The van der Waals surface area contributed by atoms with Gasteiger partial charge >= 0.3 is 0 Å². The fraction of sp³-hybridized carbons (Fsp3) is 0.150. The lowest BCUT2D eigenvalue weighted by atomic mass is 10.1. The number of rotatable bonds is 7. The van der Waals surface area contributed by atoms with E-state index in [0.717, 1.165) is 0 Å². The van der Waals surface area contributed by atoms with Gasteiger partial charge in [0.05, 0.1) is 19.5 Å². The van der Waals surface area contributed by atoms with E-state index in [1.54, 1.807) is 12.1 Å². The molecule has 29 heavy (non-hydrogen) atoms. The van der Waals surface area contributed by atoms with Crippen LogP contribution in [0.1, 0.15) is 15.9 Å². The molecule has 3 rings (SSSR count). The van der Waals surface area contributed by atoms with Crippen LogP contribution in [0.25, 0.3) is 0 Å². The molecule has 2 aromatic carbocycles. The number of halogens is 1. The van der Waals surface area contributed by atoms with Gasteiger partial charge < -0.3 is 25.2 Å². The molecule has 9 heteroatoms. The number of aromatic nitrogens is 2. The highest BCUT2D eigenvalue weighted by Crippen LogP contribution is 2.25. The van der Waals surface area contributed by atoms with Crippen molar-refractivity contribution in [3.8, 4) is 17.2 Å². The number of nitrogens with one attached hydrogen (secondary N) is 2. The summed E-state index contributed by atoms with van der Waals surface area (Å²) in [4.78, 5) is 20.1. The van der Waals surface area contributed by atoms with E-state index in [0.29, 0.717) is 17.4 Å². The summed E-state index contributed by atoms with van der Waals surface area (Å²) in [5.41, 5.74) is 1.12. The molecule has 150 valence electrons. The molecule has 0 fully saturated rings. The van der Waals surface area contributed by atoms with Crippen LogP contribution in [0.4, 0.5) is 16.0 Å². The zero-order valence-corrected chi connectivity index (χ0v) is 15.8. The molecular weight excluding hydrogens is 379 g/mol. The zero-order valence-electron chi connectivity index (χ0n) is 15.8. The van der Waals surface area contributed by atoms with Crippen molar-refractivity contribution < 1.29 is 23.8 Å². The summed E-state index contributed by atoms with van der Waals surface area (Å²) in [5.74, 6) is -0.203. The monoisotopic (exact) mass is 398 g/mol. The maximum Gasteiger partial charge on any atom is 0.251 e. The van der Waals surface area contributed by atoms with Gasteiger partial charge in [0.25, 0.3) is 5.91 Å². The lowest BCUT2D eigenvalue weighted by molar-refractivity contribution is 0.0962. The van der Waals surface area contributed by atoms with E-state index < -0.39 is 5.82 Å². The number of phenolic OH excluding ortho intramolecular Hbond substituents is 1. The molecule has 3 aromatic rings. The molecule has 8 nitrogen and oxygen atoms in total. The van der Waals surface area contributed by atoms with Crippen LogP contribution >= 0.6 is 0 Å². The van der Waals surface area contributed by atoms with E-state index >= 15 is 0 Å². The number of benzene rings is 2. The van der Waals surface area contributed by atoms with E-state index in [2.05, 4.69) is 20.6 Å². The second-order valence-electron chi connectivity index (χ2n) is 5.93. The largest absolute Gasteiger partial charge is 0.508 e. The molecule has 3 N–H and O–H groups in total. The molecule has 1 heterocycles. The molecule has 0 spiro atoms. The average molecular weight is 398 g/mol. The topological polar surface area (TPSA) is 106 Å². The number of hydrogen-bond acceptors (Lipinski definition) is 7. The first-order valence-corrected chi connectivity index (χ1v) is 8.59. The van der Waals surface area contributed by atoms with Crippen molar-refractivity contribution in [1.29, 1.82) is 0 Å². The minimum Gasteiger partial charge on any atom is -0.508 e. The Morgan fingerprint density at radius 2 is 1.86 bits per heavy atom. The van der Waals surface area contributed by atoms with Crippen molar-refractivity contribution in [3.63, 3.8) is 0 Å². The van der Waals surface area contributed by atoms with Gasteiger partial charge in [-0.05, 0) is 36.4 Å². The number of nitrogens with zero attached hydrogens (tertiary/aromatic N) is 2. The third kappa shape index (κ3) is 4.89. The number of aromatic hydroxyl groups is 1. The van der Waals surface area contributed by atoms with Crippen LogP contribution in [0.15, 0.2) is 48.8 Å². The Balaban J connectivity index is 1.69. The minimum atomic E-state index is -0.605. The predicted octanol–water partition coefficient (Wildman–Crippen LogP) is 3.01. The second-order valence-corrected chi connectivity index (χ2v) is 5.93. The zero-order chi connectivity index (χ0) is 20.8. The first-order chi connectivity index (χ1) is 14.0. The predicted molar refractivity (Wildman–Crippen MR) is 104 cm³/mol. The molecule has 0 aliphatic heterocycles. The molecular formula is C20H19FN4O4. The number of amides is 1. The highest BCUT2D eigenvalue weighted by atomic mass is 19.1. The fourth-order valence-corrected chi connectivity index (χ4v) is 2.47. The van der Waals surface area contributed by atoms with Gasteiger partial charge in [-0.25, -0.2) is 14.4 Å². The van der Waals surface area contributed by atoms with Crippen molar-refractivity contribution in [2.24, 2.45) is 0 Å². The van der Waals surface area contributed by atoms with E-state index in [4.69, 9.17) is 9.47 Å². The molecule has 0 saturated heterocycles. The van der Waals surface area contributed by atoms with E-state index in [9.17, 15) is 14.3 Å². The number of anilines is 2. The molecule has 1 aromatic heterocycles. The summed E-state index contributed by atoms with van der Waals surface area (Å²) in [6.07, 6.45) is 2.88. The lowest BCUT2D eigenvalue weighted by Crippen LogP contribution is -2.18. The van der Waals surface area contributed by atoms with Gasteiger partial charge in [0, 0.05) is 23.9 Å². The molecule has 0 radical (unpaired) electrons. The van der Waals surface area contributed by atoms with Gasteiger partial charge in [0.2, 0.25) is 5.95 Å². The van der Waals surface area contributed by atoms with Gasteiger partial charge in [0.1, 0.15) is 12.4 Å². The Bertz CT molecular complexity index is 995. The molecule has 0 saturated carbocycles. The minimum absolute atomic E-state index is 0.0469. The molecule has 1 amide bonds. The maximum atomic E-state index is 14.5. The summed E-state index contributed by atoms with van der Waals surface area (Å²) < 4.78 is 25.0. The highest BCUT2D eigenvalue weighted by Gasteiger charge is 2.15. The summed E-state index contributed by atoms with van der Waals surface area (Å²) >= 11 is 0. The standard InChI is InChI=1S/C20H19FN4O4/c1-22-19(27)12-7-13(18(21)17(8-12)28-2)11-29-16-9-23-20(24-10-16)25-14-3-5-15(26)6-4-14/h3-10,26H,11H2,1-2H3,(H,22,27)(H,23,24,25). The Labute approximate surface area is 166 Å². The number of carbonyl (C=O) groups excluding carboxylic acids is 1. The van der Waals surface area contributed by atoms with Crippen molar-refractivity contribution in [1.82, 2.24) is 15.3 Å². The quantitative estimate of drug-likeness (QED) is 0.525. The van der Waals surface area contributed by atoms with Crippen molar-refractivity contribution in [3.05, 3.63) is 65.7 Å². The Morgan fingerprint density at radius 3 is 2.48 bits per heavy atom. The second kappa shape index (κ2) is 8.87. The van der Waals surface area contributed by atoms with E-state index in [1.807, 2.05) is 0 Å². The first kappa shape index (κ1) is 19.9. The fourth-order valence-electron chi connectivity index (χ4n) is 2.47. The number of phenols is 1. The lowest BCUT2D eigenvalue weighted by Gasteiger charge is -2.12. The number of hydrogen-bond donors (Lipinski definition) is 3. The normalized spacial score (nSPS) is 10.3. The Kier molecular flexibility index (Phi) is 6.08. The third-order valence-electron chi connectivity index (χ3n) is 3.97. The van der Waals surface area contributed by atoms with Gasteiger partial charge in [-0.3, -0.25) is 4.79 Å². The van der Waals surface area contributed by atoms with Crippen molar-refractivity contribution in [2.75, 3.05) is 19.5 Å². The molecule has 0 unspecified atom stereocenters. The Hall–Kier alpha value is -3.88. The molecule has 0 aliphatic rings. The number of carbonyl (C=O) groups is 1. The van der Waals surface area contributed by atoms with Crippen LogP contribution in [0.3, 0.4) is 0 Å². The van der Waals surface area contributed by atoms with Crippen LogP contribution in [-0.2, 0) is 6.61 Å². The molecule has 0 aliphatic carbocycles. The van der Waals surface area contributed by atoms with Crippen LogP contribution in [0, 0.1) is 5.82 Å². The van der Waals surface area contributed by atoms with Gasteiger partial charge in [-0.2, -0.15) is 0 Å². The maximum absolute atomic E-state index is 14.5. The first-order valence-electron chi connectivity index (χ1n) is 8.59. The van der Waals surface area contributed by atoms with Crippen LogP contribution in [0.2, 0.25) is 0 Å². The van der Waals surface area contributed by atoms with Crippen LogP contribution in [0.5, 0.6) is 17.2 Å². The summed E-state index contributed by atoms with van der Waals surface area (Å²) in [6, 6.07) is 9.16. The third-order valence-corrected chi connectivity index (χ3v) is 3.97. The highest BCUT2D eigenvalue weighted by molar-refractivity contribution is 5.94. The summed E-state index contributed by atoms with van der Waals surface area (Å²) in [7, 11) is 2.81. The average Bonchev–Trinajstić information content (AvgIpc) is 2.75. The van der Waals surface area contributed by atoms with Gasteiger partial charge in [0.15, 0.2) is 17.3 Å².